The Balaban J connectivity index is 2.35. The highest BCUT2D eigenvalue weighted by Crippen LogP contribution is 2.23. The lowest BCUT2D eigenvalue weighted by atomic mass is 10.2. The molecule has 6 heteroatoms. The number of carbonyl (C=O) groups excluding carboxylic acids is 1. The van der Waals surface area contributed by atoms with Crippen LogP contribution in [0.1, 0.15) is 22.3 Å². The van der Waals surface area contributed by atoms with Crippen molar-refractivity contribution in [1.82, 2.24) is 9.59 Å². The second kappa shape index (κ2) is 5.14. The van der Waals surface area contributed by atoms with E-state index in [2.05, 4.69) is 9.59 Å². The fourth-order valence-corrected chi connectivity index (χ4v) is 2.26. The van der Waals surface area contributed by atoms with Gasteiger partial charge >= 0.3 is 0 Å². The number of hydrogen-bond acceptors (Lipinski definition) is 5. The average Bonchev–Trinajstić information content (AvgIpc) is 2.76. The molecule has 0 radical (unpaired) electrons. The molecule has 94 valence electrons. The van der Waals surface area contributed by atoms with Crippen LogP contribution in [-0.2, 0) is 0 Å². The van der Waals surface area contributed by atoms with E-state index in [9.17, 15) is 9.90 Å². The molecule has 0 atom stereocenters. The smallest absolute Gasteiger partial charge is 0.271 e. The first-order valence-electron chi connectivity index (χ1n) is 5.53. The van der Waals surface area contributed by atoms with Gasteiger partial charge in [0.05, 0.1) is 5.69 Å². The number of phenolic OH excluding ortho intramolecular Hbond substituents is 1. The van der Waals surface area contributed by atoms with E-state index in [-0.39, 0.29) is 11.7 Å². The summed E-state index contributed by atoms with van der Waals surface area (Å²) in [6.07, 6.45) is 0. The summed E-state index contributed by atoms with van der Waals surface area (Å²) in [6.45, 7) is 4.15. The third-order valence-corrected chi connectivity index (χ3v) is 3.36. The van der Waals surface area contributed by atoms with Gasteiger partial charge in [-0.2, -0.15) is 0 Å². The topological polar surface area (TPSA) is 66.3 Å². The number of phenols is 1. The first kappa shape index (κ1) is 12.5. The van der Waals surface area contributed by atoms with Crippen molar-refractivity contribution in [2.24, 2.45) is 0 Å². The quantitative estimate of drug-likeness (QED) is 0.922. The van der Waals surface area contributed by atoms with E-state index < -0.39 is 0 Å². The van der Waals surface area contributed by atoms with Gasteiger partial charge in [0.2, 0.25) is 0 Å². The molecule has 0 unspecified atom stereocenters. The molecule has 0 saturated heterocycles. The maximum Gasteiger partial charge on any atom is 0.271 e. The molecule has 0 aliphatic rings. The summed E-state index contributed by atoms with van der Waals surface area (Å²) in [7, 11) is 0. The van der Waals surface area contributed by atoms with Crippen molar-refractivity contribution in [3.05, 3.63) is 34.8 Å². The highest BCUT2D eigenvalue weighted by molar-refractivity contribution is 7.08. The number of benzene rings is 1. The standard InChI is InChI=1S/C12H13N3O2S/c1-3-15(9-5-4-6-10(16)7-9)12(17)11-8(2)13-14-18-11/h4-7,16H,3H2,1-2H3. The zero-order chi connectivity index (χ0) is 13.1. The normalized spacial score (nSPS) is 10.3. The molecular formula is C12H13N3O2S. The number of hydrogen-bond donors (Lipinski definition) is 1. The number of nitrogens with zero attached hydrogens (tertiary/aromatic N) is 3. The minimum atomic E-state index is -0.143. The van der Waals surface area contributed by atoms with Crippen LogP contribution in [0, 0.1) is 6.92 Å². The molecule has 18 heavy (non-hydrogen) atoms. The number of carbonyl (C=O) groups is 1. The molecule has 0 fully saturated rings. The summed E-state index contributed by atoms with van der Waals surface area (Å²) in [5, 5.41) is 13.3. The van der Waals surface area contributed by atoms with Crippen molar-refractivity contribution >= 4 is 23.1 Å². The molecule has 1 aromatic carbocycles. The largest absolute Gasteiger partial charge is 0.508 e. The minimum Gasteiger partial charge on any atom is -0.508 e. The number of aryl methyl sites for hydroxylation is 1. The molecule has 0 spiro atoms. The monoisotopic (exact) mass is 263 g/mol. The number of amides is 1. The fourth-order valence-electron chi connectivity index (χ4n) is 1.65. The Morgan fingerprint density at radius 2 is 2.28 bits per heavy atom. The molecule has 5 nitrogen and oxygen atoms in total. The van der Waals surface area contributed by atoms with Crippen molar-refractivity contribution in [2.75, 3.05) is 11.4 Å². The number of anilines is 1. The van der Waals surface area contributed by atoms with Gasteiger partial charge in [-0.3, -0.25) is 4.79 Å². The summed E-state index contributed by atoms with van der Waals surface area (Å²) in [6, 6.07) is 6.62. The van der Waals surface area contributed by atoms with E-state index in [0.29, 0.717) is 22.8 Å². The van der Waals surface area contributed by atoms with Gasteiger partial charge in [-0.15, -0.1) is 5.10 Å². The van der Waals surface area contributed by atoms with E-state index in [4.69, 9.17) is 0 Å². The van der Waals surface area contributed by atoms with Crippen LogP contribution >= 0.6 is 11.5 Å². The summed E-state index contributed by atoms with van der Waals surface area (Å²) < 4.78 is 3.77. The molecule has 1 amide bonds. The molecule has 2 aromatic rings. The van der Waals surface area contributed by atoms with Crippen LogP contribution < -0.4 is 4.90 Å². The van der Waals surface area contributed by atoms with Crippen LogP contribution in [0.5, 0.6) is 5.75 Å². The third kappa shape index (κ3) is 2.33. The first-order chi connectivity index (χ1) is 8.63. The zero-order valence-electron chi connectivity index (χ0n) is 10.1. The van der Waals surface area contributed by atoms with Crippen molar-refractivity contribution in [3.63, 3.8) is 0 Å². The molecule has 0 saturated carbocycles. The van der Waals surface area contributed by atoms with Gasteiger partial charge < -0.3 is 10.0 Å². The van der Waals surface area contributed by atoms with Gasteiger partial charge in [0, 0.05) is 18.3 Å². The van der Waals surface area contributed by atoms with E-state index in [1.807, 2.05) is 6.92 Å². The van der Waals surface area contributed by atoms with Crippen molar-refractivity contribution in [3.8, 4) is 5.75 Å². The molecule has 1 heterocycles. The van der Waals surface area contributed by atoms with Crippen molar-refractivity contribution < 1.29 is 9.90 Å². The Labute approximate surface area is 109 Å². The Morgan fingerprint density at radius 1 is 1.50 bits per heavy atom. The molecule has 0 bridgehead atoms. The first-order valence-corrected chi connectivity index (χ1v) is 6.30. The molecular weight excluding hydrogens is 250 g/mol. The van der Waals surface area contributed by atoms with Gasteiger partial charge in [-0.05, 0) is 37.5 Å². The van der Waals surface area contributed by atoms with Gasteiger partial charge in [-0.1, -0.05) is 10.6 Å². The van der Waals surface area contributed by atoms with Crippen LogP contribution in [0.4, 0.5) is 5.69 Å². The SMILES string of the molecule is CCN(C(=O)c1snnc1C)c1cccc(O)c1. The summed E-state index contributed by atoms with van der Waals surface area (Å²) >= 11 is 1.09. The number of rotatable bonds is 3. The number of aromatic hydroxyl groups is 1. The second-order valence-corrected chi connectivity index (χ2v) is 4.51. The summed E-state index contributed by atoms with van der Waals surface area (Å²) in [5.74, 6) is -0.00602. The second-order valence-electron chi connectivity index (χ2n) is 3.76. The highest BCUT2D eigenvalue weighted by Gasteiger charge is 2.20. The predicted octanol–water partition coefficient (Wildman–Crippen LogP) is 2.22. The van der Waals surface area contributed by atoms with Crippen molar-refractivity contribution in [2.45, 2.75) is 13.8 Å². The van der Waals surface area contributed by atoms with Gasteiger partial charge in [0.1, 0.15) is 10.6 Å². The van der Waals surface area contributed by atoms with Crippen LogP contribution in [0.15, 0.2) is 24.3 Å². The zero-order valence-corrected chi connectivity index (χ0v) is 10.9. The lowest BCUT2D eigenvalue weighted by molar-refractivity contribution is 0.0991. The lowest BCUT2D eigenvalue weighted by Gasteiger charge is -2.20. The maximum absolute atomic E-state index is 12.3. The fraction of sp³-hybridized carbons (Fsp3) is 0.250. The molecule has 1 N–H and O–H groups in total. The Kier molecular flexibility index (Phi) is 3.57. The van der Waals surface area contributed by atoms with Crippen LogP contribution in [0.3, 0.4) is 0 Å². The Hall–Kier alpha value is -1.95. The van der Waals surface area contributed by atoms with E-state index in [0.717, 1.165) is 11.5 Å². The molecule has 2 rings (SSSR count). The number of aromatic nitrogens is 2. The third-order valence-electron chi connectivity index (χ3n) is 2.55. The van der Waals surface area contributed by atoms with Crippen LogP contribution in [0.2, 0.25) is 0 Å². The van der Waals surface area contributed by atoms with E-state index in [1.54, 1.807) is 36.1 Å². The minimum absolute atomic E-state index is 0.137. The lowest BCUT2D eigenvalue weighted by Crippen LogP contribution is -2.30. The van der Waals surface area contributed by atoms with E-state index >= 15 is 0 Å². The van der Waals surface area contributed by atoms with Crippen molar-refractivity contribution in [1.29, 1.82) is 0 Å². The molecule has 0 aliphatic heterocycles. The maximum atomic E-state index is 12.3. The average molecular weight is 263 g/mol. The van der Waals surface area contributed by atoms with Crippen LogP contribution in [-0.4, -0.2) is 27.1 Å². The molecule has 0 aliphatic carbocycles. The van der Waals surface area contributed by atoms with Crippen LogP contribution in [0.25, 0.3) is 0 Å². The summed E-state index contributed by atoms with van der Waals surface area (Å²) in [5.41, 5.74) is 1.29. The summed E-state index contributed by atoms with van der Waals surface area (Å²) in [4.78, 5) is 14.5. The van der Waals surface area contributed by atoms with Gasteiger partial charge in [0.25, 0.3) is 5.91 Å². The predicted molar refractivity (Wildman–Crippen MR) is 70.1 cm³/mol. The highest BCUT2D eigenvalue weighted by atomic mass is 32.1. The van der Waals surface area contributed by atoms with Gasteiger partial charge in [-0.25, -0.2) is 0 Å². The Morgan fingerprint density at radius 3 is 2.83 bits per heavy atom. The molecule has 1 aromatic heterocycles. The Bertz CT molecular complexity index is 568. The van der Waals surface area contributed by atoms with Gasteiger partial charge in [0.15, 0.2) is 0 Å². The van der Waals surface area contributed by atoms with E-state index in [1.165, 1.54) is 0 Å².